The number of hydrogen-bond donors (Lipinski definition) is 2. The minimum absolute atomic E-state index is 0.0678. The molecule has 7 nitrogen and oxygen atoms in total. The topological polar surface area (TPSA) is 93.1 Å². The molecule has 0 spiro atoms. The Balaban J connectivity index is 1.49. The van der Waals surface area contributed by atoms with Crippen molar-refractivity contribution in [3.63, 3.8) is 0 Å². The summed E-state index contributed by atoms with van der Waals surface area (Å²) in [4.78, 5) is 16.5. The number of benzene rings is 2. The Bertz CT molecular complexity index is 1300. The molecule has 0 aliphatic carbocycles. The van der Waals surface area contributed by atoms with Crippen molar-refractivity contribution in [2.75, 3.05) is 10.0 Å². The summed E-state index contributed by atoms with van der Waals surface area (Å²) in [5.41, 5.74) is 2.56. The molecule has 0 saturated carbocycles. The summed E-state index contributed by atoms with van der Waals surface area (Å²) in [6.07, 6.45) is 5.01. The average Bonchev–Trinajstić information content (AvgIpc) is 3.16. The molecule has 0 aliphatic rings. The van der Waals surface area contributed by atoms with Crippen LogP contribution in [0.25, 0.3) is 10.9 Å². The monoisotopic (exact) mass is 420 g/mol. The molecule has 2 aromatic carbocycles. The maximum atomic E-state index is 12.6. The van der Waals surface area contributed by atoms with Gasteiger partial charge >= 0.3 is 0 Å². The van der Waals surface area contributed by atoms with Gasteiger partial charge < -0.3 is 9.88 Å². The molecule has 0 bridgehead atoms. The van der Waals surface area contributed by atoms with Crippen molar-refractivity contribution in [1.82, 2.24) is 9.55 Å². The number of carbonyl (C=O) groups excluding carboxylic acids is 1. The van der Waals surface area contributed by atoms with E-state index in [2.05, 4.69) is 26.5 Å². The van der Waals surface area contributed by atoms with Crippen molar-refractivity contribution in [1.29, 1.82) is 0 Å². The third-order valence-electron chi connectivity index (χ3n) is 4.73. The zero-order chi connectivity index (χ0) is 21.1. The molecule has 0 fully saturated rings. The zero-order valence-corrected chi connectivity index (χ0v) is 17.1. The minimum atomic E-state index is -3.75. The lowest BCUT2D eigenvalue weighted by atomic mass is 10.2. The summed E-state index contributed by atoms with van der Waals surface area (Å²) in [6, 6.07) is 16.6. The molecular formula is C22H20N4O3S. The Morgan fingerprint density at radius 3 is 2.40 bits per heavy atom. The number of carbonyl (C=O) groups is 1. The summed E-state index contributed by atoms with van der Waals surface area (Å²) in [6.45, 7) is 2.95. The lowest BCUT2D eigenvalue weighted by molar-refractivity contribution is 0.102. The highest BCUT2D eigenvalue weighted by molar-refractivity contribution is 7.92. The van der Waals surface area contributed by atoms with Crippen LogP contribution in [-0.4, -0.2) is 23.9 Å². The molecule has 0 atom stereocenters. The van der Waals surface area contributed by atoms with Gasteiger partial charge in [0.25, 0.3) is 15.9 Å². The van der Waals surface area contributed by atoms with E-state index in [1.54, 1.807) is 12.1 Å². The molecule has 2 N–H and O–H groups in total. The van der Waals surface area contributed by atoms with Crippen LogP contribution in [0.3, 0.4) is 0 Å². The first-order valence-corrected chi connectivity index (χ1v) is 10.9. The number of aromatic nitrogens is 2. The molecule has 0 aliphatic heterocycles. The van der Waals surface area contributed by atoms with E-state index in [9.17, 15) is 13.2 Å². The Hall–Kier alpha value is -3.65. The maximum absolute atomic E-state index is 12.6. The first kappa shape index (κ1) is 19.7. The average molecular weight is 420 g/mol. The Kier molecular flexibility index (Phi) is 5.24. The maximum Gasteiger partial charge on any atom is 0.261 e. The minimum Gasteiger partial charge on any atom is -0.348 e. The van der Waals surface area contributed by atoms with E-state index >= 15 is 0 Å². The van der Waals surface area contributed by atoms with E-state index in [0.29, 0.717) is 16.9 Å². The fraction of sp³-hybridized carbons (Fsp3) is 0.0909. The number of nitrogens with zero attached hydrogens (tertiary/aromatic N) is 2. The molecule has 8 heteroatoms. The molecule has 1 amide bonds. The summed E-state index contributed by atoms with van der Waals surface area (Å²) < 4.78 is 29.6. The van der Waals surface area contributed by atoms with E-state index in [4.69, 9.17) is 0 Å². The number of amides is 1. The fourth-order valence-electron chi connectivity index (χ4n) is 3.18. The summed E-state index contributed by atoms with van der Waals surface area (Å²) in [5.74, 6) is -0.310. The van der Waals surface area contributed by atoms with E-state index in [1.807, 2.05) is 30.5 Å². The highest BCUT2D eigenvalue weighted by Crippen LogP contribution is 2.22. The second-order valence-electron chi connectivity index (χ2n) is 6.70. The van der Waals surface area contributed by atoms with Gasteiger partial charge in [0.1, 0.15) is 0 Å². The Morgan fingerprint density at radius 1 is 0.967 bits per heavy atom. The van der Waals surface area contributed by atoms with Gasteiger partial charge in [-0.25, -0.2) is 8.42 Å². The Morgan fingerprint density at radius 2 is 1.70 bits per heavy atom. The number of aryl methyl sites for hydroxylation is 1. The van der Waals surface area contributed by atoms with Gasteiger partial charge in [0.05, 0.1) is 10.6 Å². The van der Waals surface area contributed by atoms with Gasteiger partial charge in [0.2, 0.25) is 0 Å². The first-order valence-electron chi connectivity index (χ1n) is 9.39. The molecule has 30 heavy (non-hydrogen) atoms. The van der Waals surface area contributed by atoms with Gasteiger partial charge in [-0.05, 0) is 67.6 Å². The van der Waals surface area contributed by atoms with Crippen LogP contribution in [0.4, 0.5) is 11.4 Å². The van der Waals surface area contributed by atoms with Crippen LogP contribution in [-0.2, 0) is 16.6 Å². The van der Waals surface area contributed by atoms with E-state index in [0.717, 1.165) is 17.4 Å². The van der Waals surface area contributed by atoms with Crippen LogP contribution >= 0.6 is 0 Å². The normalized spacial score (nSPS) is 11.4. The second kappa shape index (κ2) is 8.00. The largest absolute Gasteiger partial charge is 0.348 e. The van der Waals surface area contributed by atoms with Gasteiger partial charge in [0.15, 0.2) is 0 Å². The molecule has 0 unspecified atom stereocenters. The van der Waals surface area contributed by atoms with Crippen molar-refractivity contribution in [3.8, 4) is 0 Å². The van der Waals surface area contributed by atoms with Crippen LogP contribution in [0, 0.1) is 0 Å². The molecule has 0 radical (unpaired) electrons. The molecular weight excluding hydrogens is 400 g/mol. The Labute approximate surface area is 174 Å². The van der Waals surface area contributed by atoms with Gasteiger partial charge in [-0.1, -0.05) is 0 Å². The third kappa shape index (κ3) is 4.04. The van der Waals surface area contributed by atoms with Gasteiger partial charge in [-0.15, -0.1) is 0 Å². The van der Waals surface area contributed by atoms with Crippen molar-refractivity contribution in [2.24, 2.45) is 0 Å². The van der Waals surface area contributed by atoms with Crippen LogP contribution in [0.5, 0.6) is 0 Å². The smallest absolute Gasteiger partial charge is 0.261 e. The fourth-order valence-corrected chi connectivity index (χ4v) is 4.24. The number of pyridine rings is 1. The van der Waals surface area contributed by atoms with E-state index in [-0.39, 0.29) is 10.8 Å². The van der Waals surface area contributed by atoms with Gasteiger partial charge in [0, 0.05) is 47.3 Å². The first-order chi connectivity index (χ1) is 14.5. The predicted octanol–water partition coefficient (Wildman–Crippen LogP) is 4.11. The number of fused-ring (bicyclic) bond motifs is 1. The van der Waals surface area contributed by atoms with Crippen molar-refractivity contribution in [3.05, 3.63) is 84.8 Å². The second-order valence-corrected chi connectivity index (χ2v) is 8.38. The van der Waals surface area contributed by atoms with E-state index < -0.39 is 10.0 Å². The summed E-state index contributed by atoms with van der Waals surface area (Å²) in [7, 11) is -3.75. The van der Waals surface area contributed by atoms with Crippen molar-refractivity contribution in [2.45, 2.75) is 18.4 Å². The zero-order valence-electron chi connectivity index (χ0n) is 16.2. The summed E-state index contributed by atoms with van der Waals surface area (Å²) >= 11 is 0. The summed E-state index contributed by atoms with van der Waals surface area (Å²) in [5, 5.41) is 3.90. The van der Waals surface area contributed by atoms with Crippen LogP contribution in [0.2, 0.25) is 0 Å². The number of anilines is 2. The molecule has 4 rings (SSSR count). The third-order valence-corrected chi connectivity index (χ3v) is 6.13. The van der Waals surface area contributed by atoms with Crippen LogP contribution < -0.4 is 10.0 Å². The molecule has 0 saturated heterocycles. The number of sulfonamides is 1. The molecule has 152 valence electrons. The highest BCUT2D eigenvalue weighted by atomic mass is 32.2. The number of hydrogen-bond acceptors (Lipinski definition) is 4. The van der Waals surface area contributed by atoms with E-state index in [1.165, 1.54) is 36.7 Å². The highest BCUT2D eigenvalue weighted by Gasteiger charge is 2.15. The van der Waals surface area contributed by atoms with Crippen LogP contribution in [0.15, 0.2) is 84.1 Å². The van der Waals surface area contributed by atoms with Crippen molar-refractivity contribution >= 4 is 38.2 Å². The van der Waals surface area contributed by atoms with Crippen LogP contribution in [0.1, 0.15) is 17.3 Å². The van der Waals surface area contributed by atoms with Crippen molar-refractivity contribution < 1.29 is 13.2 Å². The standard InChI is InChI=1S/C22H20N4O3S/c1-2-26-14-11-17-15-19(5-8-21(17)26)24-22(27)16-3-6-20(7-4-16)30(28,29)25-18-9-12-23-13-10-18/h3-15H,2H2,1H3,(H,23,25)(H,24,27). The lowest BCUT2D eigenvalue weighted by Gasteiger charge is -2.09. The number of rotatable bonds is 6. The SMILES string of the molecule is CCn1ccc2cc(NC(=O)c3ccc(S(=O)(=O)Nc4ccncc4)cc3)ccc21. The van der Waals surface area contributed by atoms with Gasteiger partial charge in [-0.2, -0.15) is 0 Å². The molecule has 4 aromatic rings. The van der Waals surface area contributed by atoms with Gasteiger partial charge in [-0.3, -0.25) is 14.5 Å². The number of nitrogens with one attached hydrogen (secondary N) is 2. The lowest BCUT2D eigenvalue weighted by Crippen LogP contribution is -2.14. The predicted molar refractivity (Wildman–Crippen MR) is 117 cm³/mol. The molecule has 2 aromatic heterocycles. The molecule has 2 heterocycles. The quantitative estimate of drug-likeness (QED) is 0.491.